The zero-order chi connectivity index (χ0) is 17.4. The molecular formula is C18H21BrN2O2S. The van der Waals surface area contributed by atoms with Crippen molar-refractivity contribution in [2.24, 2.45) is 10.7 Å². The second kappa shape index (κ2) is 9.59. The molecule has 0 fully saturated rings. The van der Waals surface area contributed by atoms with E-state index in [1.807, 2.05) is 36.4 Å². The molecule has 0 radical (unpaired) electrons. The number of amidine groups is 1. The van der Waals surface area contributed by atoms with Gasteiger partial charge in [0.1, 0.15) is 0 Å². The molecule has 2 rings (SSSR count). The fourth-order valence-corrected chi connectivity index (χ4v) is 3.49. The van der Waals surface area contributed by atoms with Crippen molar-refractivity contribution in [2.45, 2.75) is 12.2 Å². The summed E-state index contributed by atoms with van der Waals surface area (Å²) < 4.78 is 11.6. The number of aliphatic imine (C=N–C) groups is 1. The smallest absolute Gasteiger partial charge is 0.160 e. The van der Waals surface area contributed by atoms with Crippen molar-refractivity contribution in [1.82, 2.24) is 0 Å². The number of benzene rings is 2. The number of halogens is 1. The SMILES string of the molecule is COc1ccc(CCN=C(N)SCc2ccccc2Br)cc1OC. The Bertz CT molecular complexity index is 707. The van der Waals surface area contributed by atoms with Gasteiger partial charge in [0, 0.05) is 16.8 Å². The third-order valence-electron chi connectivity index (χ3n) is 3.45. The molecule has 128 valence electrons. The molecule has 4 nitrogen and oxygen atoms in total. The van der Waals surface area contributed by atoms with Gasteiger partial charge < -0.3 is 15.2 Å². The van der Waals surface area contributed by atoms with E-state index in [4.69, 9.17) is 15.2 Å². The van der Waals surface area contributed by atoms with E-state index in [1.165, 1.54) is 5.56 Å². The minimum atomic E-state index is 0.603. The normalized spacial score (nSPS) is 11.4. The number of rotatable bonds is 7. The Morgan fingerprint density at radius 1 is 1.12 bits per heavy atom. The lowest BCUT2D eigenvalue weighted by Crippen LogP contribution is -2.08. The van der Waals surface area contributed by atoms with Gasteiger partial charge in [-0.15, -0.1) is 0 Å². The quantitative estimate of drug-likeness (QED) is 0.549. The first-order chi connectivity index (χ1) is 11.6. The van der Waals surface area contributed by atoms with Crippen molar-refractivity contribution in [3.63, 3.8) is 0 Å². The standard InChI is InChI=1S/C18H21BrN2O2S/c1-22-16-8-7-13(11-17(16)23-2)9-10-21-18(20)24-12-14-5-3-4-6-15(14)19/h3-8,11H,9-10,12H2,1-2H3,(H2,20,21). The van der Waals surface area contributed by atoms with Crippen molar-refractivity contribution in [1.29, 1.82) is 0 Å². The predicted octanol–water partition coefficient (Wildman–Crippen LogP) is 4.26. The molecule has 2 N–H and O–H groups in total. The Morgan fingerprint density at radius 3 is 2.58 bits per heavy atom. The lowest BCUT2D eigenvalue weighted by atomic mass is 10.1. The van der Waals surface area contributed by atoms with Gasteiger partial charge in [0.05, 0.1) is 14.2 Å². The van der Waals surface area contributed by atoms with Gasteiger partial charge in [0.15, 0.2) is 16.7 Å². The number of thioether (sulfide) groups is 1. The van der Waals surface area contributed by atoms with Crippen LogP contribution in [0.5, 0.6) is 11.5 Å². The highest BCUT2D eigenvalue weighted by Gasteiger charge is 2.05. The summed E-state index contributed by atoms with van der Waals surface area (Å²) in [6, 6.07) is 14.0. The van der Waals surface area contributed by atoms with E-state index in [9.17, 15) is 0 Å². The topological polar surface area (TPSA) is 56.8 Å². The van der Waals surface area contributed by atoms with Crippen LogP contribution in [-0.4, -0.2) is 25.9 Å². The molecule has 0 spiro atoms. The predicted molar refractivity (Wildman–Crippen MR) is 105 cm³/mol. The summed E-state index contributed by atoms with van der Waals surface area (Å²) in [6.45, 7) is 0.643. The molecule has 2 aromatic rings. The second-order valence-electron chi connectivity index (χ2n) is 5.04. The van der Waals surface area contributed by atoms with Crippen LogP contribution >= 0.6 is 27.7 Å². The molecular weight excluding hydrogens is 388 g/mol. The lowest BCUT2D eigenvalue weighted by molar-refractivity contribution is 0.354. The highest BCUT2D eigenvalue weighted by molar-refractivity contribution is 9.10. The molecule has 0 aliphatic carbocycles. The van der Waals surface area contributed by atoms with Crippen LogP contribution in [0.2, 0.25) is 0 Å². The highest BCUT2D eigenvalue weighted by atomic mass is 79.9. The van der Waals surface area contributed by atoms with Crippen LogP contribution < -0.4 is 15.2 Å². The molecule has 0 bridgehead atoms. The van der Waals surface area contributed by atoms with Gasteiger partial charge in [-0.1, -0.05) is 52.0 Å². The zero-order valence-corrected chi connectivity index (χ0v) is 16.2. The number of hydrogen-bond acceptors (Lipinski definition) is 4. The minimum absolute atomic E-state index is 0.603. The molecule has 0 atom stereocenters. The molecule has 0 unspecified atom stereocenters. The summed E-state index contributed by atoms with van der Waals surface area (Å²) >= 11 is 5.08. The first kappa shape index (κ1) is 18.7. The van der Waals surface area contributed by atoms with Crippen LogP contribution in [-0.2, 0) is 12.2 Å². The first-order valence-corrected chi connectivity index (χ1v) is 9.29. The Morgan fingerprint density at radius 2 is 1.88 bits per heavy atom. The molecule has 24 heavy (non-hydrogen) atoms. The molecule has 0 aromatic heterocycles. The van der Waals surface area contributed by atoms with Gasteiger partial charge in [-0.2, -0.15) is 0 Å². The van der Waals surface area contributed by atoms with Gasteiger partial charge in [0.2, 0.25) is 0 Å². The average molecular weight is 409 g/mol. The third-order valence-corrected chi connectivity index (χ3v) is 5.10. The van der Waals surface area contributed by atoms with E-state index in [0.717, 1.165) is 33.7 Å². The number of hydrogen-bond donors (Lipinski definition) is 1. The largest absolute Gasteiger partial charge is 0.493 e. The summed E-state index contributed by atoms with van der Waals surface area (Å²) in [7, 11) is 3.26. The van der Waals surface area contributed by atoms with Crippen molar-refractivity contribution in [2.75, 3.05) is 20.8 Å². The number of nitrogens with zero attached hydrogens (tertiary/aromatic N) is 1. The van der Waals surface area contributed by atoms with Crippen LogP contribution in [0.1, 0.15) is 11.1 Å². The second-order valence-corrected chi connectivity index (χ2v) is 6.89. The third kappa shape index (κ3) is 5.46. The van der Waals surface area contributed by atoms with Gasteiger partial charge in [0.25, 0.3) is 0 Å². The van der Waals surface area contributed by atoms with Crippen LogP contribution in [0, 0.1) is 0 Å². The van der Waals surface area contributed by atoms with E-state index < -0.39 is 0 Å². The van der Waals surface area contributed by atoms with Crippen molar-refractivity contribution in [3.8, 4) is 11.5 Å². The van der Waals surface area contributed by atoms with Crippen LogP contribution in [0.15, 0.2) is 51.9 Å². The number of ether oxygens (including phenoxy) is 2. The van der Waals surface area contributed by atoms with E-state index >= 15 is 0 Å². The van der Waals surface area contributed by atoms with Crippen molar-refractivity contribution < 1.29 is 9.47 Å². The fourth-order valence-electron chi connectivity index (χ4n) is 2.14. The Hall–Kier alpha value is -1.66. The van der Waals surface area contributed by atoms with E-state index in [0.29, 0.717) is 11.7 Å². The highest BCUT2D eigenvalue weighted by Crippen LogP contribution is 2.27. The molecule has 0 aliphatic rings. The molecule has 0 heterocycles. The van der Waals surface area contributed by atoms with E-state index in [-0.39, 0.29) is 0 Å². The summed E-state index contributed by atoms with van der Waals surface area (Å²) in [5.74, 6) is 2.26. The monoisotopic (exact) mass is 408 g/mol. The maximum Gasteiger partial charge on any atom is 0.160 e. The Kier molecular flexibility index (Phi) is 7.46. The maximum absolute atomic E-state index is 5.99. The van der Waals surface area contributed by atoms with Crippen LogP contribution in [0.3, 0.4) is 0 Å². The lowest BCUT2D eigenvalue weighted by Gasteiger charge is -2.09. The summed E-state index contributed by atoms with van der Waals surface area (Å²) in [5.41, 5.74) is 8.34. The molecule has 0 saturated carbocycles. The number of nitrogens with two attached hydrogens (primary N) is 1. The molecule has 0 aliphatic heterocycles. The summed E-state index contributed by atoms with van der Waals surface area (Å²) in [5, 5.41) is 0.603. The minimum Gasteiger partial charge on any atom is -0.493 e. The summed E-state index contributed by atoms with van der Waals surface area (Å²) in [4.78, 5) is 4.43. The molecule has 6 heteroatoms. The Labute approximate surface area is 155 Å². The van der Waals surface area contributed by atoms with E-state index in [2.05, 4.69) is 27.0 Å². The fraction of sp³-hybridized carbons (Fsp3) is 0.278. The molecule has 0 amide bonds. The zero-order valence-electron chi connectivity index (χ0n) is 13.8. The van der Waals surface area contributed by atoms with Gasteiger partial charge >= 0.3 is 0 Å². The van der Waals surface area contributed by atoms with Gasteiger partial charge in [-0.05, 0) is 35.7 Å². The number of methoxy groups -OCH3 is 2. The van der Waals surface area contributed by atoms with Crippen molar-refractivity contribution >= 4 is 32.9 Å². The van der Waals surface area contributed by atoms with Gasteiger partial charge in [-0.25, -0.2) is 0 Å². The average Bonchev–Trinajstić information content (AvgIpc) is 2.61. The molecule has 0 saturated heterocycles. The van der Waals surface area contributed by atoms with Crippen LogP contribution in [0.4, 0.5) is 0 Å². The first-order valence-electron chi connectivity index (χ1n) is 7.51. The summed E-state index contributed by atoms with van der Waals surface area (Å²) in [6.07, 6.45) is 0.802. The maximum atomic E-state index is 5.99. The van der Waals surface area contributed by atoms with Crippen molar-refractivity contribution in [3.05, 3.63) is 58.1 Å². The Balaban J connectivity index is 1.86. The van der Waals surface area contributed by atoms with Crippen LogP contribution in [0.25, 0.3) is 0 Å². The van der Waals surface area contributed by atoms with Gasteiger partial charge in [-0.3, -0.25) is 4.99 Å². The molecule has 2 aromatic carbocycles. The van der Waals surface area contributed by atoms with E-state index in [1.54, 1.807) is 26.0 Å².